The lowest BCUT2D eigenvalue weighted by Gasteiger charge is -2.32. The molecular formula is C11H13FOS. The van der Waals surface area contributed by atoms with Crippen LogP contribution in [0.25, 0.3) is 0 Å². The third-order valence-corrected chi connectivity index (χ3v) is 3.84. The number of benzene rings is 1. The molecule has 0 aromatic heterocycles. The first-order valence-electron chi connectivity index (χ1n) is 4.77. The lowest BCUT2D eigenvalue weighted by Crippen LogP contribution is -2.31. The average molecular weight is 212 g/mol. The number of hydrogen-bond acceptors (Lipinski definition) is 2. The van der Waals surface area contributed by atoms with Crippen molar-refractivity contribution >= 4 is 11.8 Å². The first-order chi connectivity index (χ1) is 6.71. The number of rotatable bonds is 1. The van der Waals surface area contributed by atoms with Crippen LogP contribution in [0, 0.1) is 5.82 Å². The summed E-state index contributed by atoms with van der Waals surface area (Å²) >= 11 is 1.73. The van der Waals surface area contributed by atoms with Crippen LogP contribution < -0.4 is 0 Å². The van der Waals surface area contributed by atoms with Gasteiger partial charge in [-0.15, -0.1) is 0 Å². The van der Waals surface area contributed by atoms with Crippen molar-refractivity contribution < 1.29 is 9.50 Å². The van der Waals surface area contributed by atoms with Crippen LogP contribution in [0.2, 0.25) is 0 Å². The van der Waals surface area contributed by atoms with Gasteiger partial charge in [0.05, 0.1) is 5.60 Å². The fraction of sp³-hybridized carbons (Fsp3) is 0.455. The molecule has 1 nitrogen and oxygen atoms in total. The molecule has 3 heteroatoms. The summed E-state index contributed by atoms with van der Waals surface area (Å²) in [5, 5.41) is 10.3. The molecule has 1 N–H and O–H groups in total. The third kappa shape index (κ3) is 1.93. The second-order valence-electron chi connectivity index (χ2n) is 3.70. The van der Waals surface area contributed by atoms with Crippen LogP contribution in [0.1, 0.15) is 18.4 Å². The van der Waals surface area contributed by atoms with E-state index in [1.54, 1.807) is 23.9 Å². The Morgan fingerprint density at radius 1 is 1.43 bits per heavy atom. The molecule has 1 saturated heterocycles. The highest BCUT2D eigenvalue weighted by Crippen LogP contribution is 2.35. The molecule has 0 amide bonds. The number of thioether (sulfide) groups is 1. The zero-order valence-corrected chi connectivity index (χ0v) is 8.69. The molecule has 76 valence electrons. The van der Waals surface area contributed by atoms with E-state index in [4.69, 9.17) is 0 Å². The molecule has 14 heavy (non-hydrogen) atoms. The molecular weight excluding hydrogens is 199 g/mol. The van der Waals surface area contributed by atoms with Crippen molar-refractivity contribution in [3.63, 3.8) is 0 Å². The van der Waals surface area contributed by atoms with E-state index in [0.717, 1.165) is 18.6 Å². The summed E-state index contributed by atoms with van der Waals surface area (Å²) in [6, 6.07) is 6.30. The van der Waals surface area contributed by atoms with Gasteiger partial charge in [0, 0.05) is 5.75 Å². The van der Waals surface area contributed by atoms with Crippen molar-refractivity contribution in [2.24, 2.45) is 0 Å². The van der Waals surface area contributed by atoms with Gasteiger partial charge in [0.1, 0.15) is 5.82 Å². The van der Waals surface area contributed by atoms with Gasteiger partial charge in [-0.1, -0.05) is 12.1 Å². The van der Waals surface area contributed by atoms with Gasteiger partial charge in [-0.05, 0) is 36.3 Å². The molecule has 1 fully saturated rings. The topological polar surface area (TPSA) is 20.2 Å². The van der Waals surface area contributed by atoms with E-state index in [-0.39, 0.29) is 5.82 Å². The van der Waals surface area contributed by atoms with Crippen LogP contribution in [-0.2, 0) is 5.60 Å². The Labute approximate surface area is 87.3 Å². The van der Waals surface area contributed by atoms with Gasteiger partial charge in [-0.3, -0.25) is 0 Å². The Balaban J connectivity index is 2.28. The van der Waals surface area contributed by atoms with Crippen molar-refractivity contribution in [2.75, 3.05) is 11.5 Å². The van der Waals surface area contributed by atoms with E-state index >= 15 is 0 Å². The predicted octanol–water partition coefficient (Wildman–Crippen LogP) is 2.54. The maximum absolute atomic E-state index is 13.0. The molecule has 0 aliphatic carbocycles. The van der Waals surface area contributed by atoms with E-state index in [1.165, 1.54) is 12.1 Å². The Morgan fingerprint density at radius 3 is 2.93 bits per heavy atom. The summed E-state index contributed by atoms with van der Waals surface area (Å²) in [7, 11) is 0. The lowest BCUT2D eigenvalue weighted by molar-refractivity contribution is 0.0492. The van der Waals surface area contributed by atoms with Crippen LogP contribution in [0.4, 0.5) is 4.39 Å². The Morgan fingerprint density at radius 2 is 2.29 bits per heavy atom. The molecule has 0 radical (unpaired) electrons. The first kappa shape index (κ1) is 9.99. The summed E-state index contributed by atoms with van der Waals surface area (Å²) < 4.78 is 13.0. The smallest absolute Gasteiger partial charge is 0.123 e. The summed E-state index contributed by atoms with van der Waals surface area (Å²) in [4.78, 5) is 0. The Hall–Kier alpha value is -0.540. The number of aliphatic hydroxyl groups is 1. The third-order valence-electron chi connectivity index (χ3n) is 2.58. The molecule has 1 aliphatic heterocycles. The van der Waals surface area contributed by atoms with Crippen LogP contribution >= 0.6 is 11.8 Å². The highest BCUT2D eigenvalue weighted by molar-refractivity contribution is 7.99. The molecule has 0 unspecified atom stereocenters. The molecule has 0 saturated carbocycles. The highest BCUT2D eigenvalue weighted by atomic mass is 32.2. The fourth-order valence-corrected chi connectivity index (χ4v) is 2.93. The number of hydrogen-bond donors (Lipinski definition) is 1. The minimum atomic E-state index is -0.814. The largest absolute Gasteiger partial charge is 0.384 e. The molecule has 1 atom stereocenters. The van der Waals surface area contributed by atoms with Crippen LogP contribution in [-0.4, -0.2) is 16.6 Å². The highest BCUT2D eigenvalue weighted by Gasteiger charge is 2.31. The molecule has 0 bridgehead atoms. The van der Waals surface area contributed by atoms with E-state index in [1.807, 2.05) is 0 Å². The predicted molar refractivity (Wildman–Crippen MR) is 56.9 cm³/mol. The number of halogens is 1. The van der Waals surface area contributed by atoms with Crippen molar-refractivity contribution in [2.45, 2.75) is 18.4 Å². The van der Waals surface area contributed by atoms with Crippen LogP contribution in [0.3, 0.4) is 0 Å². The van der Waals surface area contributed by atoms with E-state index in [9.17, 15) is 9.50 Å². The van der Waals surface area contributed by atoms with Crippen molar-refractivity contribution in [1.29, 1.82) is 0 Å². The van der Waals surface area contributed by atoms with Crippen molar-refractivity contribution in [3.8, 4) is 0 Å². The molecule has 1 aromatic rings. The molecule has 2 rings (SSSR count). The minimum absolute atomic E-state index is 0.272. The average Bonchev–Trinajstić information content (AvgIpc) is 2.19. The zero-order chi connectivity index (χ0) is 10.0. The van der Waals surface area contributed by atoms with Gasteiger partial charge in [0.2, 0.25) is 0 Å². The van der Waals surface area contributed by atoms with Gasteiger partial charge in [-0.25, -0.2) is 4.39 Å². The zero-order valence-electron chi connectivity index (χ0n) is 7.87. The second kappa shape index (κ2) is 3.91. The summed E-state index contributed by atoms with van der Waals surface area (Å²) in [5.74, 6) is 1.50. The van der Waals surface area contributed by atoms with Gasteiger partial charge < -0.3 is 5.11 Å². The van der Waals surface area contributed by atoms with E-state index < -0.39 is 5.60 Å². The molecule has 0 spiro atoms. The van der Waals surface area contributed by atoms with Crippen LogP contribution in [0.5, 0.6) is 0 Å². The Bertz CT molecular complexity index is 321. The maximum atomic E-state index is 13.0. The minimum Gasteiger partial charge on any atom is -0.384 e. The van der Waals surface area contributed by atoms with Crippen LogP contribution in [0.15, 0.2) is 24.3 Å². The quantitative estimate of drug-likeness (QED) is 0.772. The lowest BCUT2D eigenvalue weighted by atomic mass is 9.91. The maximum Gasteiger partial charge on any atom is 0.123 e. The van der Waals surface area contributed by atoms with Crippen molar-refractivity contribution in [1.82, 2.24) is 0 Å². The van der Waals surface area contributed by atoms with E-state index in [2.05, 4.69) is 0 Å². The summed E-state index contributed by atoms with van der Waals surface area (Å²) in [6.07, 6.45) is 1.74. The fourth-order valence-electron chi connectivity index (χ4n) is 1.79. The monoisotopic (exact) mass is 212 g/mol. The Kier molecular flexibility index (Phi) is 2.79. The van der Waals surface area contributed by atoms with Gasteiger partial charge in [-0.2, -0.15) is 11.8 Å². The van der Waals surface area contributed by atoms with Gasteiger partial charge >= 0.3 is 0 Å². The second-order valence-corrected chi connectivity index (χ2v) is 4.80. The molecule has 1 aromatic carbocycles. The van der Waals surface area contributed by atoms with Crippen molar-refractivity contribution in [3.05, 3.63) is 35.6 Å². The molecule has 1 aliphatic rings. The summed E-state index contributed by atoms with van der Waals surface area (Å²) in [5.41, 5.74) is -0.102. The van der Waals surface area contributed by atoms with E-state index in [0.29, 0.717) is 11.3 Å². The molecule has 1 heterocycles. The first-order valence-corrected chi connectivity index (χ1v) is 5.92. The normalized spacial score (nSPS) is 27.6. The SMILES string of the molecule is O[C@]1(c2cccc(F)c2)CCCSC1. The van der Waals surface area contributed by atoms with Gasteiger partial charge in [0.15, 0.2) is 0 Å². The standard InChI is InChI=1S/C11H13FOS/c12-10-4-1-3-9(7-10)11(13)5-2-6-14-8-11/h1,3-4,7,13H,2,5-6,8H2/t11-/m1/s1. The summed E-state index contributed by atoms with van der Waals surface area (Å²) in [6.45, 7) is 0. The van der Waals surface area contributed by atoms with Gasteiger partial charge in [0.25, 0.3) is 0 Å².